The maximum atomic E-state index is 12.9. The van der Waals surface area contributed by atoms with Crippen LogP contribution >= 0.6 is 0 Å². The first kappa shape index (κ1) is 14.6. The Kier molecular flexibility index (Phi) is 3.61. The lowest BCUT2D eigenvalue weighted by molar-refractivity contribution is -0.134. The standard InChI is InChI=1S/C17H19N3O2/c1-19-16(22)20(12-14-8-4-3-7-13(14)11-18)15(21)17(19)9-5-2-6-10-17/h3-4,7-8H,2,5-6,9-10,12H2,1H3. The van der Waals surface area contributed by atoms with Crippen molar-refractivity contribution >= 4 is 11.9 Å². The molecule has 114 valence electrons. The first-order valence-electron chi connectivity index (χ1n) is 7.68. The van der Waals surface area contributed by atoms with E-state index in [2.05, 4.69) is 6.07 Å². The van der Waals surface area contributed by atoms with Gasteiger partial charge < -0.3 is 4.90 Å². The van der Waals surface area contributed by atoms with Gasteiger partial charge in [0.25, 0.3) is 5.91 Å². The van der Waals surface area contributed by atoms with Crippen molar-refractivity contribution in [2.45, 2.75) is 44.2 Å². The van der Waals surface area contributed by atoms with E-state index in [0.29, 0.717) is 11.1 Å². The highest BCUT2D eigenvalue weighted by molar-refractivity contribution is 6.06. The van der Waals surface area contributed by atoms with Crippen molar-refractivity contribution in [3.8, 4) is 6.07 Å². The van der Waals surface area contributed by atoms with Crippen LogP contribution in [0.3, 0.4) is 0 Å². The summed E-state index contributed by atoms with van der Waals surface area (Å²) >= 11 is 0. The minimum atomic E-state index is -0.656. The minimum absolute atomic E-state index is 0.104. The molecule has 22 heavy (non-hydrogen) atoms. The van der Waals surface area contributed by atoms with Crippen LogP contribution in [0.15, 0.2) is 24.3 Å². The van der Waals surface area contributed by atoms with Gasteiger partial charge in [-0.1, -0.05) is 37.5 Å². The zero-order valence-electron chi connectivity index (χ0n) is 12.7. The van der Waals surface area contributed by atoms with Gasteiger partial charge in [-0.25, -0.2) is 4.79 Å². The molecular formula is C17H19N3O2. The molecule has 0 radical (unpaired) electrons. The number of nitriles is 1. The van der Waals surface area contributed by atoms with E-state index in [1.807, 2.05) is 6.07 Å². The highest BCUT2D eigenvalue weighted by atomic mass is 16.2. The number of amides is 3. The molecule has 2 fully saturated rings. The van der Waals surface area contributed by atoms with Crippen LogP contribution < -0.4 is 0 Å². The lowest BCUT2D eigenvalue weighted by Gasteiger charge is -2.35. The Morgan fingerprint density at radius 2 is 1.86 bits per heavy atom. The molecule has 1 aromatic carbocycles. The number of urea groups is 1. The average Bonchev–Trinajstić information content (AvgIpc) is 2.72. The second-order valence-corrected chi connectivity index (χ2v) is 6.09. The predicted octanol–water partition coefficient (Wildman–Crippen LogP) is 2.66. The van der Waals surface area contributed by atoms with Crippen LogP contribution in [-0.4, -0.2) is 34.3 Å². The van der Waals surface area contributed by atoms with E-state index in [1.165, 1.54) is 4.90 Å². The van der Waals surface area contributed by atoms with Gasteiger partial charge in [0.1, 0.15) is 5.54 Å². The summed E-state index contributed by atoms with van der Waals surface area (Å²) in [5.74, 6) is -0.104. The van der Waals surface area contributed by atoms with Gasteiger partial charge in [-0.05, 0) is 24.5 Å². The maximum Gasteiger partial charge on any atom is 0.327 e. The van der Waals surface area contributed by atoms with Crippen molar-refractivity contribution in [1.82, 2.24) is 9.80 Å². The van der Waals surface area contributed by atoms with Crippen LogP contribution in [0.2, 0.25) is 0 Å². The number of benzene rings is 1. The lowest BCUT2D eigenvalue weighted by atomic mass is 9.80. The molecule has 5 nitrogen and oxygen atoms in total. The molecule has 1 saturated heterocycles. The van der Waals surface area contributed by atoms with Crippen LogP contribution in [0.4, 0.5) is 4.79 Å². The molecule has 3 rings (SSSR count). The van der Waals surface area contributed by atoms with Gasteiger partial charge in [-0.15, -0.1) is 0 Å². The summed E-state index contributed by atoms with van der Waals surface area (Å²) in [5, 5.41) is 9.17. The smallest absolute Gasteiger partial charge is 0.313 e. The van der Waals surface area contributed by atoms with E-state index < -0.39 is 5.54 Å². The van der Waals surface area contributed by atoms with E-state index in [1.54, 1.807) is 30.1 Å². The molecule has 0 bridgehead atoms. The third-order valence-corrected chi connectivity index (χ3v) is 4.95. The Bertz CT molecular complexity index is 656. The zero-order valence-corrected chi connectivity index (χ0v) is 12.7. The number of hydrogen-bond acceptors (Lipinski definition) is 3. The molecule has 2 aliphatic rings. The fraction of sp³-hybridized carbons (Fsp3) is 0.471. The summed E-state index contributed by atoms with van der Waals surface area (Å²) in [6.07, 6.45) is 4.56. The zero-order chi connectivity index (χ0) is 15.7. The van der Waals surface area contributed by atoms with E-state index in [-0.39, 0.29) is 18.5 Å². The Morgan fingerprint density at radius 1 is 1.18 bits per heavy atom. The highest BCUT2D eigenvalue weighted by Gasteiger charge is 2.55. The number of carbonyl (C=O) groups is 2. The van der Waals surface area contributed by atoms with Gasteiger partial charge in [0, 0.05) is 7.05 Å². The Balaban J connectivity index is 1.90. The van der Waals surface area contributed by atoms with Crippen molar-refractivity contribution < 1.29 is 9.59 Å². The minimum Gasteiger partial charge on any atom is -0.313 e. The third kappa shape index (κ3) is 2.07. The molecule has 3 amide bonds. The van der Waals surface area contributed by atoms with Gasteiger partial charge >= 0.3 is 6.03 Å². The number of nitrogens with zero attached hydrogens (tertiary/aromatic N) is 3. The predicted molar refractivity (Wildman–Crippen MR) is 80.7 cm³/mol. The lowest BCUT2D eigenvalue weighted by Crippen LogP contribution is -2.49. The van der Waals surface area contributed by atoms with Crippen LogP contribution in [0.25, 0.3) is 0 Å². The summed E-state index contributed by atoms with van der Waals surface area (Å²) in [6.45, 7) is 0.174. The summed E-state index contributed by atoms with van der Waals surface area (Å²) in [4.78, 5) is 28.4. The van der Waals surface area contributed by atoms with Gasteiger partial charge in [0.2, 0.25) is 0 Å². The monoisotopic (exact) mass is 297 g/mol. The fourth-order valence-electron chi connectivity index (χ4n) is 3.61. The molecule has 1 aromatic rings. The van der Waals surface area contributed by atoms with E-state index in [0.717, 1.165) is 32.1 Å². The van der Waals surface area contributed by atoms with Gasteiger partial charge in [0.15, 0.2) is 0 Å². The Morgan fingerprint density at radius 3 is 2.55 bits per heavy atom. The summed E-state index contributed by atoms with van der Waals surface area (Å²) in [5.41, 5.74) is 0.569. The fourth-order valence-corrected chi connectivity index (χ4v) is 3.61. The van der Waals surface area contributed by atoms with Crippen LogP contribution in [0.1, 0.15) is 43.2 Å². The topological polar surface area (TPSA) is 64.4 Å². The molecule has 5 heteroatoms. The second kappa shape index (κ2) is 5.45. The largest absolute Gasteiger partial charge is 0.327 e. The summed E-state index contributed by atoms with van der Waals surface area (Å²) in [7, 11) is 1.72. The molecule has 1 saturated carbocycles. The van der Waals surface area contributed by atoms with Gasteiger partial charge in [0.05, 0.1) is 18.2 Å². The van der Waals surface area contributed by atoms with Crippen LogP contribution in [-0.2, 0) is 11.3 Å². The van der Waals surface area contributed by atoms with E-state index in [9.17, 15) is 9.59 Å². The van der Waals surface area contributed by atoms with Crippen molar-refractivity contribution in [3.05, 3.63) is 35.4 Å². The van der Waals surface area contributed by atoms with Crippen LogP contribution in [0.5, 0.6) is 0 Å². The maximum absolute atomic E-state index is 12.9. The molecule has 1 aliphatic carbocycles. The number of imide groups is 1. The molecule has 1 heterocycles. The number of rotatable bonds is 2. The van der Waals surface area contributed by atoms with Gasteiger partial charge in [-0.3, -0.25) is 9.69 Å². The van der Waals surface area contributed by atoms with Crippen molar-refractivity contribution in [1.29, 1.82) is 5.26 Å². The molecule has 0 atom stereocenters. The molecule has 0 aromatic heterocycles. The summed E-state index contributed by atoms with van der Waals surface area (Å²) in [6, 6.07) is 8.98. The number of likely N-dealkylation sites (N-methyl/N-ethyl adjacent to an activating group) is 1. The first-order chi connectivity index (χ1) is 10.6. The molecular weight excluding hydrogens is 278 g/mol. The quantitative estimate of drug-likeness (QED) is 0.788. The average molecular weight is 297 g/mol. The SMILES string of the molecule is CN1C(=O)N(Cc2ccccc2C#N)C(=O)C12CCCCC2. The normalized spacial score (nSPS) is 20.5. The molecule has 0 N–H and O–H groups in total. The second-order valence-electron chi connectivity index (χ2n) is 6.09. The van der Waals surface area contributed by atoms with Gasteiger partial charge in [-0.2, -0.15) is 5.26 Å². The van der Waals surface area contributed by atoms with Crippen molar-refractivity contribution in [2.24, 2.45) is 0 Å². The number of carbonyl (C=O) groups excluding carboxylic acids is 2. The van der Waals surface area contributed by atoms with Crippen LogP contribution in [0, 0.1) is 11.3 Å². The Labute approximate surface area is 130 Å². The van der Waals surface area contributed by atoms with E-state index in [4.69, 9.17) is 5.26 Å². The Hall–Kier alpha value is -2.35. The highest BCUT2D eigenvalue weighted by Crippen LogP contribution is 2.39. The van der Waals surface area contributed by atoms with Crippen molar-refractivity contribution in [2.75, 3.05) is 7.05 Å². The molecule has 0 unspecified atom stereocenters. The number of hydrogen-bond donors (Lipinski definition) is 0. The molecule has 1 aliphatic heterocycles. The molecule has 1 spiro atoms. The third-order valence-electron chi connectivity index (χ3n) is 4.95. The van der Waals surface area contributed by atoms with Crippen molar-refractivity contribution in [3.63, 3.8) is 0 Å². The summed E-state index contributed by atoms with van der Waals surface area (Å²) < 4.78 is 0. The first-order valence-corrected chi connectivity index (χ1v) is 7.68. The van der Waals surface area contributed by atoms with E-state index >= 15 is 0 Å².